The van der Waals surface area contributed by atoms with E-state index in [1.807, 2.05) is 0 Å². The van der Waals surface area contributed by atoms with E-state index >= 15 is 0 Å². The molecule has 0 aliphatic carbocycles. The summed E-state index contributed by atoms with van der Waals surface area (Å²) in [5.74, 6) is 0. The standard InChI is InChI=1S/C14H26N4O4S/c1-10(2)23(20,21)12-11(15)9-18(17-12)8-6-7-16-13(19)22-14(3,4)5/h9-10H,6-8,15H2,1-5H3,(H,16,19). The van der Waals surface area contributed by atoms with Crippen LogP contribution in [0.5, 0.6) is 0 Å². The highest BCUT2D eigenvalue weighted by atomic mass is 32.2. The summed E-state index contributed by atoms with van der Waals surface area (Å²) in [6.07, 6.45) is 1.57. The Bertz CT molecular complexity index is 644. The largest absolute Gasteiger partial charge is 0.444 e. The summed E-state index contributed by atoms with van der Waals surface area (Å²) in [5, 5.41) is 5.99. The van der Waals surface area contributed by atoms with Gasteiger partial charge in [0.2, 0.25) is 9.84 Å². The molecular weight excluding hydrogens is 320 g/mol. The van der Waals surface area contributed by atoms with E-state index in [2.05, 4.69) is 10.4 Å². The Hall–Kier alpha value is -1.77. The van der Waals surface area contributed by atoms with E-state index in [1.165, 1.54) is 10.9 Å². The fraction of sp³-hybridized carbons (Fsp3) is 0.714. The minimum atomic E-state index is -3.50. The van der Waals surface area contributed by atoms with Crippen molar-refractivity contribution in [2.24, 2.45) is 0 Å². The normalized spacial score (nSPS) is 12.4. The van der Waals surface area contributed by atoms with Crippen molar-refractivity contribution in [1.29, 1.82) is 0 Å². The van der Waals surface area contributed by atoms with E-state index in [4.69, 9.17) is 10.5 Å². The van der Waals surface area contributed by atoms with Gasteiger partial charge in [0.05, 0.1) is 10.9 Å². The number of hydrogen-bond donors (Lipinski definition) is 2. The van der Waals surface area contributed by atoms with Crippen LogP contribution in [0.1, 0.15) is 41.0 Å². The quantitative estimate of drug-likeness (QED) is 0.755. The van der Waals surface area contributed by atoms with Crippen molar-refractivity contribution in [3.05, 3.63) is 6.20 Å². The number of nitrogen functional groups attached to an aromatic ring is 1. The summed E-state index contributed by atoms with van der Waals surface area (Å²) < 4.78 is 30.8. The number of carbonyl (C=O) groups is 1. The topological polar surface area (TPSA) is 116 Å². The van der Waals surface area contributed by atoms with Crippen LogP contribution >= 0.6 is 0 Å². The van der Waals surface area contributed by atoms with Crippen molar-refractivity contribution in [2.75, 3.05) is 12.3 Å². The summed E-state index contributed by atoms with van der Waals surface area (Å²) in [6, 6.07) is 0. The molecule has 0 radical (unpaired) electrons. The molecule has 0 bridgehead atoms. The minimum absolute atomic E-state index is 0.0902. The second-order valence-corrected chi connectivity index (χ2v) is 8.95. The third kappa shape index (κ3) is 5.74. The third-order valence-electron chi connectivity index (χ3n) is 2.88. The molecule has 0 spiro atoms. The Balaban J connectivity index is 2.53. The van der Waals surface area contributed by atoms with Gasteiger partial charge in [-0.25, -0.2) is 13.2 Å². The van der Waals surface area contributed by atoms with Gasteiger partial charge in [0.1, 0.15) is 5.60 Å². The first-order valence-corrected chi connectivity index (χ1v) is 9.02. The Morgan fingerprint density at radius 3 is 2.57 bits per heavy atom. The van der Waals surface area contributed by atoms with Crippen LogP contribution in [0, 0.1) is 0 Å². The number of aromatic nitrogens is 2. The highest BCUT2D eigenvalue weighted by Crippen LogP contribution is 2.20. The lowest BCUT2D eigenvalue weighted by Gasteiger charge is -2.19. The Labute approximate surface area is 137 Å². The number of nitrogens with two attached hydrogens (primary N) is 1. The van der Waals surface area contributed by atoms with E-state index in [1.54, 1.807) is 34.6 Å². The first-order valence-electron chi connectivity index (χ1n) is 7.47. The van der Waals surface area contributed by atoms with Gasteiger partial charge in [-0.3, -0.25) is 4.68 Å². The van der Waals surface area contributed by atoms with Gasteiger partial charge in [-0.1, -0.05) is 0 Å². The van der Waals surface area contributed by atoms with Gasteiger partial charge in [0.15, 0.2) is 5.03 Å². The highest BCUT2D eigenvalue weighted by molar-refractivity contribution is 7.92. The lowest BCUT2D eigenvalue weighted by atomic mass is 10.2. The molecule has 0 unspecified atom stereocenters. The van der Waals surface area contributed by atoms with Gasteiger partial charge in [0.25, 0.3) is 0 Å². The second kappa shape index (κ2) is 7.20. The fourth-order valence-corrected chi connectivity index (χ4v) is 2.77. The molecule has 0 aliphatic heterocycles. The molecule has 8 nitrogen and oxygen atoms in total. The maximum absolute atomic E-state index is 12.1. The van der Waals surface area contributed by atoms with Crippen LogP contribution in [0.25, 0.3) is 0 Å². The number of alkyl carbamates (subject to hydrolysis) is 1. The van der Waals surface area contributed by atoms with Crippen molar-refractivity contribution in [2.45, 2.75) is 63.5 Å². The molecular formula is C14H26N4O4S. The van der Waals surface area contributed by atoms with Crippen molar-refractivity contribution in [3.8, 4) is 0 Å². The molecule has 1 rings (SSSR count). The number of aryl methyl sites for hydroxylation is 1. The van der Waals surface area contributed by atoms with Crippen molar-refractivity contribution < 1.29 is 17.9 Å². The number of carbonyl (C=O) groups excluding carboxylic acids is 1. The molecule has 1 aromatic rings. The van der Waals surface area contributed by atoms with E-state index in [9.17, 15) is 13.2 Å². The molecule has 0 saturated heterocycles. The summed E-state index contributed by atoms with van der Waals surface area (Å²) in [6.45, 7) is 9.35. The van der Waals surface area contributed by atoms with Crippen LogP contribution in [0.2, 0.25) is 0 Å². The molecule has 0 saturated carbocycles. The van der Waals surface area contributed by atoms with Crippen LogP contribution in [-0.4, -0.2) is 41.7 Å². The number of nitrogens with zero attached hydrogens (tertiary/aromatic N) is 2. The summed E-state index contributed by atoms with van der Waals surface area (Å²) in [7, 11) is -3.50. The van der Waals surface area contributed by atoms with E-state index in [0.29, 0.717) is 19.5 Å². The van der Waals surface area contributed by atoms with Gasteiger partial charge in [0, 0.05) is 19.3 Å². The molecule has 3 N–H and O–H groups in total. The van der Waals surface area contributed by atoms with Gasteiger partial charge < -0.3 is 15.8 Å². The van der Waals surface area contributed by atoms with E-state index < -0.39 is 26.8 Å². The number of ether oxygens (including phenoxy) is 1. The molecule has 1 amide bonds. The van der Waals surface area contributed by atoms with Gasteiger partial charge >= 0.3 is 6.09 Å². The molecule has 0 atom stereocenters. The molecule has 1 heterocycles. The van der Waals surface area contributed by atoms with Crippen LogP contribution in [0.3, 0.4) is 0 Å². The first kappa shape index (κ1) is 19.3. The van der Waals surface area contributed by atoms with Crippen LogP contribution < -0.4 is 11.1 Å². The smallest absolute Gasteiger partial charge is 0.407 e. The van der Waals surface area contributed by atoms with Gasteiger partial charge in [-0.05, 0) is 41.0 Å². The second-order valence-electron chi connectivity index (χ2n) is 6.53. The lowest BCUT2D eigenvalue weighted by molar-refractivity contribution is 0.0526. The SMILES string of the molecule is CC(C)S(=O)(=O)c1nn(CCCNC(=O)OC(C)(C)C)cc1N. The molecule has 0 fully saturated rings. The number of rotatable bonds is 6. The maximum atomic E-state index is 12.1. The van der Waals surface area contributed by atoms with Crippen molar-refractivity contribution >= 4 is 21.6 Å². The number of hydrogen-bond acceptors (Lipinski definition) is 6. The summed E-state index contributed by atoms with van der Waals surface area (Å²) in [5.41, 5.74) is 5.33. The zero-order valence-electron chi connectivity index (χ0n) is 14.3. The zero-order valence-corrected chi connectivity index (χ0v) is 15.1. The van der Waals surface area contributed by atoms with E-state index in [-0.39, 0.29) is 10.7 Å². The molecule has 132 valence electrons. The number of anilines is 1. The molecule has 0 aromatic carbocycles. The predicted octanol–water partition coefficient (Wildman–Crippen LogP) is 1.56. The first-order chi connectivity index (χ1) is 10.4. The average Bonchev–Trinajstić information content (AvgIpc) is 2.74. The van der Waals surface area contributed by atoms with Crippen molar-refractivity contribution in [3.63, 3.8) is 0 Å². The zero-order chi connectivity index (χ0) is 17.8. The van der Waals surface area contributed by atoms with Crippen LogP contribution in [-0.2, 0) is 21.1 Å². The lowest BCUT2D eigenvalue weighted by Crippen LogP contribution is -2.33. The highest BCUT2D eigenvalue weighted by Gasteiger charge is 2.25. The van der Waals surface area contributed by atoms with E-state index in [0.717, 1.165) is 0 Å². The maximum Gasteiger partial charge on any atom is 0.407 e. The van der Waals surface area contributed by atoms with Crippen LogP contribution in [0.4, 0.5) is 10.5 Å². The average molecular weight is 346 g/mol. The Kier molecular flexibility index (Phi) is 6.04. The Morgan fingerprint density at radius 1 is 1.43 bits per heavy atom. The Morgan fingerprint density at radius 2 is 2.04 bits per heavy atom. The molecule has 23 heavy (non-hydrogen) atoms. The number of amides is 1. The van der Waals surface area contributed by atoms with Gasteiger partial charge in [-0.2, -0.15) is 5.10 Å². The number of nitrogens with one attached hydrogen (secondary N) is 1. The predicted molar refractivity (Wildman–Crippen MR) is 87.8 cm³/mol. The monoisotopic (exact) mass is 346 g/mol. The van der Waals surface area contributed by atoms with Crippen LogP contribution in [0.15, 0.2) is 11.2 Å². The van der Waals surface area contributed by atoms with Gasteiger partial charge in [-0.15, -0.1) is 0 Å². The molecule has 9 heteroatoms. The minimum Gasteiger partial charge on any atom is -0.444 e. The number of sulfone groups is 1. The summed E-state index contributed by atoms with van der Waals surface area (Å²) in [4.78, 5) is 11.5. The third-order valence-corrected chi connectivity index (χ3v) is 4.97. The molecule has 0 aliphatic rings. The van der Waals surface area contributed by atoms with Crippen molar-refractivity contribution in [1.82, 2.24) is 15.1 Å². The fourth-order valence-electron chi connectivity index (χ4n) is 1.72. The summed E-state index contributed by atoms with van der Waals surface area (Å²) >= 11 is 0. The molecule has 1 aromatic heterocycles.